The monoisotopic (exact) mass is 420 g/mol. The molecule has 2 fully saturated rings. The number of aromatic amines is 1. The van der Waals surface area contributed by atoms with Crippen LogP contribution in [0.15, 0.2) is 54.6 Å². The molecule has 0 saturated carbocycles. The van der Waals surface area contributed by atoms with Gasteiger partial charge in [-0.25, -0.2) is 4.39 Å². The lowest BCUT2D eigenvalue weighted by Crippen LogP contribution is -2.61. The summed E-state index contributed by atoms with van der Waals surface area (Å²) in [6, 6.07) is 16.4. The van der Waals surface area contributed by atoms with Crippen molar-refractivity contribution in [2.75, 3.05) is 19.6 Å². The molecule has 6 nitrogen and oxygen atoms in total. The lowest BCUT2D eigenvalue weighted by atomic mass is 9.75. The first-order valence-electron chi connectivity index (χ1n) is 10.6. The molecule has 3 atom stereocenters. The third-order valence-corrected chi connectivity index (χ3v) is 6.68. The molecule has 5 rings (SSSR count). The highest BCUT2D eigenvalue weighted by Gasteiger charge is 2.52. The van der Waals surface area contributed by atoms with Crippen LogP contribution < -0.4 is 10.6 Å². The Hall–Kier alpha value is -3.19. The van der Waals surface area contributed by atoms with Crippen LogP contribution in [0.2, 0.25) is 0 Å². The van der Waals surface area contributed by atoms with Crippen molar-refractivity contribution < 1.29 is 14.0 Å². The number of carbonyl (C=O) groups excluding carboxylic acids is 2. The summed E-state index contributed by atoms with van der Waals surface area (Å²) in [5, 5.41) is 7.59. The summed E-state index contributed by atoms with van der Waals surface area (Å²) < 4.78 is 13.5. The van der Waals surface area contributed by atoms with Crippen LogP contribution >= 0.6 is 0 Å². The number of rotatable bonds is 3. The minimum atomic E-state index is -0.382. The fourth-order valence-electron chi connectivity index (χ4n) is 5.23. The lowest BCUT2D eigenvalue weighted by molar-refractivity contribution is -0.121. The minimum Gasteiger partial charge on any atom is -0.350 e. The Balaban J connectivity index is 1.44. The maximum Gasteiger partial charge on any atom is 0.270 e. The van der Waals surface area contributed by atoms with E-state index in [-0.39, 0.29) is 35.1 Å². The number of benzene rings is 2. The number of aromatic nitrogens is 1. The summed E-state index contributed by atoms with van der Waals surface area (Å²) in [5.41, 5.74) is 1.83. The molecule has 2 aliphatic heterocycles. The topological polar surface area (TPSA) is 77.2 Å². The van der Waals surface area contributed by atoms with Gasteiger partial charge in [-0.2, -0.15) is 0 Å². The van der Waals surface area contributed by atoms with E-state index in [1.165, 1.54) is 12.1 Å². The molecule has 0 spiro atoms. The molecule has 2 aliphatic rings. The third-order valence-electron chi connectivity index (χ3n) is 6.68. The van der Waals surface area contributed by atoms with Crippen molar-refractivity contribution in [3.63, 3.8) is 0 Å². The highest BCUT2D eigenvalue weighted by molar-refractivity contribution is 5.98. The number of likely N-dealkylation sites (tertiary alicyclic amines) is 1. The van der Waals surface area contributed by atoms with Gasteiger partial charge < -0.3 is 20.5 Å². The van der Waals surface area contributed by atoms with Crippen LogP contribution in [0.4, 0.5) is 4.39 Å². The van der Waals surface area contributed by atoms with E-state index in [9.17, 15) is 14.0 Å². The van der Waals surface area contributed by atoms with Crippen molar-refractivity contribution in [1.82, 2.24) is 20.5 Å². The maximum absolute atomic E-state index is 13.5. The predicted molar refractivity (Wildman–Crippen MR) is 116 cm³/mol. The molecule has 3 aromatic rings. The van der Waals surface area contributed by atoms with Gasteiger partial charge in [0.1, 0.15) is 11.5 Å². The van der Waals surface area contributed by atoms with Crippen molar-refractivity contribution in [3.05, 3.63) is 71.7 Å². The Morgan fingerprint density at radius 3 is 2.74 bits per heavy atom. The largest absolute Gasteiger partial charge is 0.350 e. The summed E-state index contributed by atoms with van der Waals surface area (Å²) in [6.07, 6.45) is 0.675. The zero-order chi connectivity index (χ0) is 21.6. The number of H-pyrrole nitrogens is 1. The Morgan fingerprint density at radius 2 is 1.97 bits per heavy atom. The minimum absolute atomic E-state index is 0.0401. The molecule has 2 amide bonds. The average Bonchev–Trinajstić information content (AvgIpc) is 3.34. The van der Waals surface area contributed by atoms with Crippen LogP contribution in [-0.2, 0) is 4.79 Å². The van der Waals surface area contributed by atoms with Gasteiger partial charge in [0.2, 0.25) is 5.91 Å². The summed E-state index contributed by atoms with van der Waals surface area (Å²) in [5.74, 6) is -0.461. The van der Waals surface area contributed by atoms with Gasteiger partial charge in [0.25, 0.3) is 5.91 Å². The Kier molecular flexibility index (Phi) is 4.78. The predicted octanol–water partition coefficient (Wildman–Crippen LogP) is 2.99. The Labute approximate surface area is 179 Å². The molecule has 0 unspecified atom stereocenters. The third kappa shape index (κ3) is 3.49. The summed E-state index contributed by atoms with van der Waals surface area (Å²) in [4.78, 5) is 30.2. The first-order chi connectivity index (χ1) is 14.9. The number of amides is 2. The second-order valence-electron chi connectivity index (χ2n) is 8.63. The highest BCUT2D eigenvalue weighted by Crippen LogP contribution is 2.42. The van der Waals surface area contributed by atoms with Crippen molar-refractivity contribution in [2.24, 2.45) is 5.92 Å². The quantitative estimate of drug-likeness (QED) is 0.610. The van der Waals surface area contributed by atoms with E-state index in [0.29, 0.717) is 37.3 Å². The number of carbonyl (C=O) groups is 2. The maximum atomic E-state index is 13.5. The fourth-order valence-corrected chi connectivity index (χ4v) is 5.23. The van der Waals surface area contributed by atoms with Crippen molar-refractivity contribution in [2.45, 2.75) is 24.9 Å². The smallest absolute Gasteiger partial charge is 0.270 e. The van der Waals surface area contributed by atoms with E-state index >= 15 is 0 Å². The van der Waals surface area contributed by atoms with E-state index in [4.69, 9.17) is 0 Å². The number of hydrogen-bond donors (Lipinski definition) is 3. The molecule has 0 aliphatic carbocycles. The molecule has 2 saturated heterocycles. The van der Waals surface area contributed by atoms with E-state index in [1.807, 2.05) is 23.1 Å². The number of hydrogen-bond acceptors (Lipinski definition) is 3. The van der Waals surface area contributed by atoms with Crippen LogP contribution in [0.25, 0.3) is 10.9 Å². The van der Waals surface area contributed by atoms with Crippen LogP contribution in [0.1, 0.15) is 35.4 Å². The molecular weight excluding hydrogens is 395 g/mol. The number of halogens is 1. The van der Waals surface area contributed by atoms with Gasteiger partial charge in [-0.3, -0.25) is 9.59 Å². The molecule has 1 aromatic heterocycles. The molecule has 3 heterocycles. The fraction of sp³-hybridized carbons (Fsp3) is 0.333. The highest BCUT2D eigenvalue weighted by atomic mass is 19.1. The first kappa shape index (κ1) is 19.8. The van der Waals surface area contributed by atoms with Gasteiger partial charge >= 0.3 is 0 Å². The summed E-state index contributed by atoms with van der Waals surface area (Å²) >= 11 is 0. The summed E-state index contributed by atoms with van der Waals surface area (Å²) in [7, 11) is 0. The molecular formula is C24H25FN4O2. The average molecular weight is 420 g/mol. The van der Waals surface area contributed by atoms with Crippen molar-refractivity contribution >= 4 is 22.7 Å². The van der Waals surface area contributed by atoms with Crippen LogP contribution in [0.5, 0.6) is 0 Å². The standard InChI is InChI=1S/C24H25FN4O2/c1-15(30)28-24-9-10-29(13-19(24)22(26-14-24)16-5-3-2-4-6-16)23(31)21-11-17-7-8-18(25)12-20(17)27-21/h2-8,11-12,19,22,26-27H,9-10,13-14H2,1H3,(H,28,30)/t19-,22-,24-/m1/s1. The zero-order valence-electron chi connectivity index (χ0n) is 17.3. The van der Waals surface area contributed by atoms with Gasteiger partial charge in [-0.15, -0.1) is 0 Å². The zero-order valence-corrected chi connectivity index (χ0v) is 17.3. The van der Waals surface area contributed by atoms with Gasteiger partial charge in [0.05, 0.1) is 5.54 Å². The van der Waals surface area contributed by atoms with Crippen LogP contribution in [-0.4, -0.2) is 46.9 Å². The van der Waals surface area contributed by atoms with E-state index in [2.05, 4.69) is 27.8 Å². The van der Waals surface area contributed by atoms with Gasteiger partial charge in [-0.1, -0.05) is 30.3 Å². The Morgan fingerprint density at radius 1 is 1.16 bits per heavy atom. The van der Waals surface area contributed by atoms with E-state index in [1.54, 1.807) is 19.1 Å². The molecule has 7 heteroatoms. The SMILES string of the molecule is CC(=O)N[C@@]12CCN(C(=O)c3cc4ccc(F)cc4[nH]3)C[C@@H]1[C@@H](c1ccccc1)NC2. The van der Waals surface area contributed by atoms with Gasteiger partial charge in [0, 0.05) is 49.4 Å². The Bertz CT molecular complexity index is 1140. The summed E-state index contributed by atoms with van der Waals surface area (Å²) in [6.45, 7) is 3.28. The molecule has 0 radical (unpaired) electrons. The normalized spacial score (nSPS) is 25.4. The van der Waals surface area contributed by atoms with E-state index < -0.39 is 0 Å². The van der Waals surface area contributed by atoms with Crippen molar-refractivity contribution in [3.8, 4) is 0 Å². The molecule has 31 heavy (non-hydrogen) atoms. The lowest BCUT2D eigenvalue weighted by Gasteiger charge is -2.45. The van der Waals surface area contributed by atoms with Gasteiger partial charge in [-0.05, 0) is 36.2 Å². The van der Waals surface area contributed by atoms with Crippen molar-refractivity contribution in [1.29, 1.82) is 0 Å². The molecule has 2 aromatic carbocycles. The number of fused-ring (bicyclic) bond motifs is 2. The number of nitrogens with one attached hydrogen (secondary N) is 3. The molecule has 3 N–H and O–H groups in total. The van der Waals surface area contributed by atoms with Crippen LogP contribution in [0.3, 0.4) is 0 Å². The first-order valence-corrected chi connectivity index (χ1v) is 10.6. The van der Waals surface area contributed by atoms with E-state index in [0.717, 1.165) is 10.9 Å². The van der Waals surface area contributed by atoms with Gasteiger partial charge in [0.15, 0.2) is 0 Å². The second kappa shape index (κ2) is 7.50. The second-order valence-corrected chi connectivity index (χ2v) is 8.63. The van der Waals surface area contributed by atoms with Crippen LogP contribution in [0, 0.1) is 11.7 Å². The molecule has 0 bridgehead atoms. The number of nitrogens with zero attached hydrogens (tertiary/aromatic N) is 1. The number of piperidine rings is 1. The molecule has 160 valence electrons.